The van der Waals surface area contributed by atoms with Crippen LogP contribution < -0.4 is 5.73 Å². The van der Waals surface area contributed by atoms with E-state index in [1.807, 2.05) is 0 Å². The van der Waals surface area contributed by atoms with E-state index in [4.69, 9.17) is 17.3 Å². The number of likely N-dealkylation sites (tertiary alicyclic amines) is 1. The number of piperidine rings is 1. The highest BCUT2D eigenvalue weighted by atomic mass is 35.5. The highest BCUT2D eigenvalue weighted by molar-refractivity contribution is 6.31. The number of nitrogens with zero attached hydrogens (tertiary/aromatic N) is 1. The number of hydrogen-bond acceptors (Lipinski definition) is 3. The molecule has 1 aromatic carbocycles. The first-order valence-corrected chi connectivity index (χ1v) is 6.93. The molecule has 0 spiro atoms. The van der Waals surface area contributed by atoms with E-state index in [1.165, 1.54) is 17.0 Å². The summed E-state index contributed by atoms with van der Waals surface area (Å²) in [5, 5.41) is 10.3. The quantitative estimate of drug-likeness (QED) is 0.868. The first-order chi connectivity index (χ1) is 9.82. The monoisotopic (exact) mass is 314 g/mol. The van der Waals surface area contributed by atoms with Gasteiger partial charge in [-0.15, -0.1) is 0 Å². The van der Waals surface area contributed by atoms with Gasteiger partial charge in [0.1, 0.15) is 5.82 Å². The average Bonchev–Trinajstić information content (AvgIpc) is 2.41. The van der Waals surface area contributed by atoms with Gasteiger partial charge in [-0.2, -0.15) is 0 Å². The molecule has 21 heavy (non-hydrogen) atoms. The van der Waals surface area contributed by atoms with Crippen LogP contribution in [0.4, 0.5) is 4.39 Å². The number of carbonyl (C=O) groups is 2. The van der Waals surface area contributed by atoms with E-state index in [1.54, 1.807) is 0 Å². The van der Waals surface area contributed by atoms with E-state index in [-0.39, 0.29) is 30.3 Å². The summed E-state index contributed by atoms with van der Waals surface area (Å²) in [6.07, 6.45) is 0.708. The van der Waals surface area contributed by atoms with Crippen LogP contribution in [0.3, 0.4) is 0 Å². The van der Waals surface area contributed by atoms with Crippen LogP contribution in [0.2, 0.25) is 5.02 Å². The van der Waals surface area contributed by atoms with Gasteiger partial charge in [-0.25, -0.2) is 4.39 Å². The van der Waals surface area contributed by atoms with E-state index < -0.39 is 17.3 Å². The van der Waals surface area contributed by atoms with Gasteiger partial charge in [0.25, 0.3) is 5.91 Å². The maximum absolute atomic E-state index is 13.0. The second kappa shape index (κ2) is 5.99. The Morgan fingerprint density at radius 3 is 2.81 bits per heavy atom. The average molecular weight is 315 g/mol. The molecule has 0 saturated carbocycles. The van der Waals surface area contributed by atoms with Gasteiger partial charge < -0.3 is 15.7 Å². The lowest BCUT2D eigenvalue weighted by atomic mass is 9.92. The lowest BCUT2D eigenvalue weighted by Crippen LogP contribution is -2.57. The molecule has 114 valence electrons. The number of hydrogen-bond donors (Lipinski definition) is 2. The normalized spacial score (nSPS) is 22.1. The lowest BCUT2D eigenvalue weighted by molar-refractivity contribution is -0.148. The molecular weight excluding hydrogens is 299 g/mol. The third kappa shape index (κ3) is 3.51. The van der Waals surface area contributed by atoms with Gasteiger partial charge in [0.05, 0.1) is 13.0 Å². The van der Waals surface area contributed by atoms with Gasteiger partial charge in [-0.1, -0.05) is 17.7 Å². The van der Waals surface area contributed by atoms with Crippen molar-refractivity contribution in [1.82, 2.24) is 4.90 Å². The Morgan fingerprint density at radius 2 is 2.19 bits per heavy atom. The molecule has 2 amide bonds. The topological polar surface area (TPSA) is 83.6 Å². The molecule has 0 aliphatic carbocycles. The van der Waals surface area contributed by atoms with E-state index >= 15 is 0 Å². The van der Waals surface area contributed by atoms with Gasteiger partial charge in [0.15, 0.2) is 5.60 Å². The van der Waals surface area contributed by atoms with Crippen molar-refractivity contribution in [3.8, 4) is 0 Å². The molecule has 0 radical (unpaired) electrons. The molecule has 1 fully saturated rings. The van der Waals surface area contributed by atoms with Crippen LogP contribution in [0.1, 0.15) is 18.4 Å². The third-order valence-corrected chi connectivity index (χ3v) is 3.99. The highest BCUT2D eigenvalue weighted by Crippen LogP contribution is 2.23. The van der Waals surface area contributed by atoms with Crippen LogP contribution in [0, 0.1) is 5.82 Å². The molecule has 0 aromatic heterocycles. The molecule has 1 aliphatic rings. The lowest BCUT2D eigenvalue weighted by Gasteiger charge is -2.37. The molecule has 5 nitrogen and oxygen atoms in total. The second-order valence-corrected chi connectivity index (χ2v) is 5.63. The summed E-state index contributed by atoms with van der Waals surface area (Å²) in [5.41, 5.74) is 3.98. The number of rotatable bonds is 3. The molecule has 1 aliphatic heterocycles. The summed E-state index contributed by atoms with van der Waals surface area (Å²) in [5.74, 6) is -1.60. The van der Waals surface area contributed by atoms with Crippen LogP contribution >= 0.6 is 11.6 Å². The Labute approximate surface area is 126 Å². The molecule has 7 heteroatoms. The standard InChI is InChI=1S/C14H16ClFN2O3/c15-11-7-10(16)3-2-9(11)6-12(19)18-5-1-4-14(21,8-18)13(17)20/h2-3,7,21H,1,4-6,8H2,(H2,17,20). The van der Waals surface area contributed by atoms with Crippen molar-refractivity contribution in [2.45, 2.75) is 24.9 Å². The molecule has 1 saturated heterocycles. The zero-order valence-electron chi connectivity index (χ0n) is 11.3. The smallest absolute Gasteiger partial charge is 0.251 e. The molecule has 3 N–H and O–H groups in total. The Kier molecular flexibility index (Phi) is 4.49. The minimum absolute atomic E-state index is 0.0199. The fourth-order valence-electron chi connectivity index (χ4n) is 2.39. The van der Waals surface area contributed by atoms with Gasteiger partial charge >= 0.3 is 0 Å². The van der Waals surface area contributed by atoms with E-state index in [0.717, 1.165) is 6.07 Å². The number of benzene rings is 1. The molecule has 1 aromatic rings. The highest BCUT2D eigenvalue weighted by Gasteiger charge is 2.40. The van der Waals surface area contributed by atoms with Crippen LogP contribution in [-0.2, 0) is 16.0 Å². The summed E-state index contributed by atoms with van der Waals surface area (Å²) in [6, 6.07) is 3.81. The number of amides is 2. The number of carbonyl (C=O) groups excluding carboxylic acids is 2. The number of primary amides is 1. The van der Waals surface area contributed by atoms with Gasteiger partial charge in [0.2, 0.25) is 5.91 Å². The number of halogens is 2. The maximum atomic E-state index is 13.0. The van der Waals surface area contributed by atoms with Crippen molar-refractivity contribution >= 4 is 23.4 Å². The minimum atomic E-state index is -1.68. The third-order valence-electron chi connectivity index (χ3n) is 3.64. The first-order valence-electron chi connectivity index (χ1n) is 6.56. The zero-order chi connectivity index (χ0) is 15.6. The summed E-state index contributed by atoms with van der Waals surface area (Å²) >= 11 is 5.88. The summed E-state index contributed by atoms with van der Waals surface area (Å²) in [7, 11) is 0. The Hall–Kier alpha value is -1.66. The fourth-order valence-corrected chi connectivity index (χ4v) is 2.62. The molecule has 1 unspecified atom stereocenters. The minimum Gasteiger partial charge on any atom is -0.378 e. The Balaban J connectivity index is 2.08. The predicted molar refractivity (Wildman–Crippen MR) is 75.1 cm³/mol. The number of aliphatic hydroxyl groups is 1. The van der Waals surface area contributed by atoms with E-state index in [2.05, 4.69) is 0 Å². The van der Waals surface area contributed by atoms with Crippen LogP contribution in [0.25, 0.3) is 0 Å². The Bertz CT molecular complexity index is 581. The SMILES string of the molecule is NC(=O)C1(O)CCCN(C(=O)Cc2ccc(F)cc2Cl)C1. The number of β-amino-alcohol motifs (C(OH)–C–C–N with tert-alkyl or cyclic N) is 1. The maximum Gasteiger partial charge on any atom is 0.251 e. The fraction of sp³-hybridized carbons (Fsp3) is 0.429. The molecule has 1 heterocycles. The number of nitrogens with two attached hydrogens (primary N) is 1. The second-order valence-electron chi connectivity index (χ2n) is 5.23. The summed E-state index contributed by atoms with van der Waals surface area (Å²) in [6.45, 7) is 0.313. The van der Waals surface area contributed by atoms with Crippen molar-refractivity contribution in [2.75, 3.05) is 13.1 Å². The van der Waals surface area contributed by atoms with Crippen molar-refractivity contribution in [2.24, 2.45) is 5.73 Å². The largest absolute Gasteiger partial charge is 0.378 e. The first kappa shape index (κ1) is 15.7. The zero-order valence-corrected chi connectivity index (χ0v) is 12.1. The predicted octanol–water partition coefficient (Wildman–Crippen LogP) is 0.860. The Morgan fingerprint density at radius 1 is 1.48 bits per heavy atom. The van der Waals surface area contributed by atoms with Crippen molar-refractivity contribution < 1.29 is 19.1 Å². The van der Waals surface area contributed by atoms with Crippen LogP contribution in [0.15, 0.2) is 18.2 Å². The summed E-state index contributed by atoms with van der Waals surface area (Å²) in [4.78, 5) is 24.9. The van der Waals surface area contributed by atoms with Gasteiger partial charge in [-0.05, 0) is 30.5 Å². The van der Waals surface area contributed by atoms with Crippen molar-refractivity contribution in [3.05, 3.63) is 34.6 Å². The van der Waals surface area contributed by atoms with Gasteiger partial charge in [0, 0.05) is 11.6 Å². The summed E-state index contributed by atoms with van der Waals surface area (Å²) < 4.78 is 13.0. The van der Waals surface area contributed by atoms with E-state index in [9.17, 15) is 19.1 Å². The van der Waals surface area contributed by atoms with Gasteiger partial charge in [-0.3, -0.25) is 9.59 Å². The molecule has 2 rings (SSSR count). The molecule has 1 atom stereocenters. The molecule has 0 bridgehead atoms. The van der Waals surface area contributed by atoms with Crippen molar-refractivity contribution in [1.29, 1.82) is 0 Å². The van der Waals surface area contributed by atoms with Crippen molar-refractivity contribution in [3.63, 3.8) is 0 Å². The van der Waals surface area contributed by atoms with Crippen LogP contribution in [0.5, 0.6) is 0 Å². The van der Waals surface area contributed by atoms with E-state index in [0.29, 0.717) is 18.5 Å². The van der Waals surface area contributed by atoms with Crippen LogP contribution in [-0.4, -0.2) is 40.5 Å². The molecular formula is C14H16ClFN2O3.